The van der Waals surface area contributed by atoms with E-state index in [9.17, 15) is 19.7 Å². The average molecular weight is 377 g/mol. The fourth-order valence-corrected chi connectivity index (χ4v) is 2.25. The largest absolute Gasteiger partial charge is 0.379 e. The van der Waals surface area contributed by atoms with Crippen molar-refractivity contribution in [3.05, 3.63) is 69.2 Å². The molecule has 0 aliphatic rings. The maximum absolute atomic E-state index is 11.8. The summed E-state index contributed by atoms with van der Waals surface area (Å²) < 4.78 is 0. The molecule has 2 rings (SSSR count). The van der Waals surface area contributed by atoms with Gasteiger partial charge in [0.25, 0.3) is 5.69 Å². The molecule has 0 saturated heterocycles. The molecule has 0 aliphatic heterocycles. The highest BCUT2D eigenvalue weighted by Gasteiger charge is 2.12. The zero-order valence-corrected chi connectivity index (χ0v) is 14.5. The maximum atomic E-state index is 11.8. The third kappa shape index (κ3) is 6.06. The number of amides is 2. The molecule has 9 heteroatoms. The fraction of sp³-hybridized carbons (Fsp3) is 0.176. The molecule has 2 aromatic rings. The number of para-hydroxylation sites is 2. The van der Waals surface area contributed by atoms with Crippen LogP contribution in [0.4, 0.5) is 11.4 Å². The number of nitrogens with one attached hydrogen (secondary N) is 3. The van der Waals surface area contributed by atoms with Crippen LogP contribution in [-0.4, -0.2) is 23.3 Å². The summed E-state index contributed by atoms with van der Waals surface area (Å²) in [7, 11) is 0. The van der Waals surface area contributed by atoms with Crippen molar-refractivity contribution in [1.82, 2.24) is 10.9 Å². The van der Waals surface area contributed by atoms with Crippen LogP contribution in [0.15, 0.2) is 48.5 Å². The van der Waals surface area contributed by atoms with Crippen molar-refractivity contribution in [2.24, 2.45) is 0 Å². The molecule has 0 aliphatic carbocycles. The summed E-state index contributed by atoms with van der Waals surface area (Å²) in [5.41, 5.74) is 5.64. The molecule has 8 nitrogen and oxygen atoms in total. The summed E-state index contributed by atoms with van der Waals surface area (Å²) in [6.45, 7) is 0.184. The van der Waals surface area contributed by atoms with Gasteiger partial charge in [-0.05, 0) is 23.8 Å². The summed E-state index contributed by atoms with van der Waals surface area (Å²) in [6.07, 6.45) is 0.138. The first-order valence-electron chi connectivity index (χ1n) is 7.75. The van der Waals surface area contributed by atoms with E-state index < -0.39 is 10.8 Å². The first-order chi connectivity index (χ1) is 12.5. The van der Waals surface area contributed by atoms with Gasteiger partial charge in [0.1, 0.15) is 5.69 Å². The van der Waals surface area contributed by atoms with Crippen LogP contribution in [0.25, 0.3) is 0 Å². The Morgan fingerprint density at radius 1 is 1.00 bits per heavy atom. The number of carbonyl (C=O) groups is 2. The van der Waals surface area contributed by atoms with E-state index in [4.69, 9.17) is 11.6 Å². The molecule has 0 heterocycles. The summed E-state index contributed by atoms with van der Waals surface area (Å²) >= 11 is 5.77. The van der Waals surface area contributed by atoms with Crippen LogP contribution in [0.5, 0.6) is 0 Å². The number of nitro groups is 1. The van der Waals surface area contributed by atoms with Crippen molar-refractivity contribution in [1.29, 1.82) is 0 Å². The first kappa shape index (κ1) is 19.2. The van der Waals surface area contributed by atoms with E-state index in [2.05, 4.69) is 16.2 Å². The summed E-state index contributed by atoms with van der Waals surface area (Å²) in [4.78, 5) is 33.9. The molecule has 0 unspecified atom stereocenters. The van der Waals surface area contributed by atoms with Crippen molar-refractivity contribution < 1.29 is 14.5 Å². The van der Waals surface area contributed by atoms with Crippen LogP contribution in [0.1, 0.15) is 12.0 Å². The number of nitrogens with zero attached hydrogens (tertiary/aromatic N) is 1. The van der Waals surface area contributed by atoms with Crippen LogP contribution in [0.3, 0.4) is 0 Å². The Morgan fingerprint density at radius 2 is 1.65 bits per heavy atom. The zero-order valence-electron chi connectivity index (χ0n) is 13.7. The second kappa shape index (κ2) is 9.38. The lowest BCUT2D eigenvalue weighted by Crippen LogP contribution is -2.42. The number of hydrogen-bond donors (Lipinski definition) is 3. The molecular formula is C17H17ClN4O4. The van der Waals surface area contributed by atoms with Crippen LogP contribution < -0.4 is 16.2 Å². The highest BCUT2D eigenvalue weighted by atomic mass is 35.5. The third-order valence-corrected chi connectivity index (χ3v) is 3.64. The van der Waals surface area contributed by atoms with E-state index >= 15 is 0 Å². The van der Waals surface area contributed by atoms with Gasteiger partial charge in [0.15, 0.2) is 0 Å². The molecule has 0 saturated carbocycles. The number of rotatable bonds is 7. The van der Waals surface area contributed by atoms with Gasteiger partial charge in [0.2, 0.25) is 11.8 Å². The van der Waals surface area contributed by atoms with E-state index in [1.807, 2.05) is 0 Å². The number of anilines is 1. The molecule has 3 N–H and O–H groups in total. The van der Waals surface area contributed by atoms with Crippen LogP contribution >= 0.6 is 11.6 Å². The van der Waals surface area contributed by atoms with E-state index in [-0.39, 0.29) is 31.0 Å². The fourth-order valence-electron chi connectivity index (χ4n) is 2.13. The summed E-state index contributed by atoms with van der Waals surface area (Å²) in [5, 5.41) is 14.3. The Labute approximate surface area is 154 Å². The molecule has 0 aromatic heterocycles. The maximum Gasteiger partial charge on any atom is 0.292 e. The normalized spacial score (nSPS) is 10.0. The van der Waals surface area contributed by atoms with Gasteiger partial charge in [-0.1, -0.05) is 35.9 Å². The lowest BCUT2D eigenvalue weighted by Gasteiger charge is -2.09. The second-order valence-corrected chi connectivity index (χ2v) is 5.79. The Morgan fingerprint density at radius 3 is 2.35 bits per heavy atom. The Hall–Kier alpha value is -3.13. The highest BCUT2D eigenvalue weighted by Crippen LogP contribution is 2.22. The lowest BCUT2D eigenvalue weighted by atomic mass is 10.1. The zero-order chi connectivity index (χ0) is 18.9. The van der Waals surface area contributed by atoms with Gasteiger partial charge in [-0.25, -0.2) is 0 Å². The van der Waals surface area contributed by atoms with Gasteiger partial charge in [-0.3, -0.25) is 30.6 Å². The number of carbonyl (C=O) groups excluding carboxylic acids is 2. The number of halogens is 1. The van der Waals surface area contributed by atoms with E-state index in [1.54, 1.807) is 42.5 Å². The van der Waals surface area contributed by atoms with Gasteiger partial charge in [0.05, 0.1) is 11.3 Å². The molecule has 2 amide bonds. The summed E-state index contributed by atoms with van der Waals surface area (Å²) in [6, 6.07) is 13.0. The van der Waals surface area contributed by atoms with Crippen LogP contribution in [0.2, 0.25) is 5.02 Å². The SMILES string of the molecule is O=C(CCNc1ccccc1[N+](=O)[O-])NNC(=O)Cc1ccc(Cl)cc1. The summed E-state index contributed by atoms with van der Waals surface area (Å²) in [5.74, 6) is -0.784. The van der Waals surface area contributed by atoms with Crippen molar-refractivity contribution in [2.75, 3.05) is 11.9 Å². The number of hydrogen-bond acceptors (Lipinski definition) is 5. The average Bonchev–Trinajstić information content (AvgIpc) is 2.62. The monoisotopic (exact) mass is 376 g/mol. The first-order valence-corrected chi connectivity index (χ1v) is 8.13. The molecule has 0 atom stereocenters. The minimum absolute atomic E-state index is 0.0350. The van der Waals surface area contributed by atoms with Gasteiger partial charge in [0, 0.05) is 24.1 Å². The molecular weight excluding hydrogens is 360 g/mol. The van der Waals surface area contributed by atoms with Crippen LogP contribution in [-0.2, 0) is 16.0 Å². The van der Waals surface area contributed by atoms with Crippen LogP contribution in [0, 0.1) is 10.1 Å². The molecule has 2 aromatic carbocycles. The molecule has 26 heavy (non-hydrogen) atoms. The Kier molecular flexibility index (Phi) is 6.92. The molecule has 0 fully saturated rings. The topological polar surface area (TPSA) is 113 Å². The van der Waals surface area contributed by atoms with Crippen molar-refractivity contribution in [3.63, 3.8) is 0 Å². The van der Waals surface area contributed by atoms with E-state index in [1.165, 1.54) is 6.07 Å². The van der Waals surface area contributed by atoms with Gasteiger partial charge in [-0.2, -0.15) is 0 Å². The smallest absolute Gasteiger partial charge is 0.292 e. The molecule has 0 spiro atoms. The van der Waals surface area contributed by atoms with E-state index in [0.717, 1.165) is 5.56 Å². The van der Waals surface area contributed by atoms with Crippen molar-refractivity contribution in [3.8, 4) is 0 Å². The quantitative estimate of drug-likeness (QED) is 0.507. The van der Waals surface area contributed by atoms with Gasteiger partial charge in [-0.15, -0.1) is 0 Å². The number of benzene rings is 2. The predicted octanol–water partition coefficient (Wildman–Crippen LogP) is 2.44. The lowest BCUT2D eigenvalue weighted by molar-refractivity contribution is -0.384. The van der Waals surface area contributed by atoms with Gasteiger partial charge < -0.3 is 5.32 Å². The minimum Gasteiger partial charge on any atom is -0.379 e. The highest BCUT2D eigenvalue weighted by molar-refractivity contribution is 6.30. The minimum atomic E-state index is -0.501. The van der Waals surface area contributed by atoms with Crippen molar-refractivity contribution >= 4 is 34.8 Å². The number of hydrazine groups is 1. The van der Waals surface area contributed by atoms with Gasteiger partial charge >= 0.3 is 0 Å². The van der Waals surface area contributed by atoms with Crippen molar-refractivity contribution in [2.45, 2.75) is 12.8 Å². The molecule has 0 radical (unpaired) electrons. The Bertz CT molecular complexity index is 796. The predicted molar refractivity (Wildman–Crippen MR) is 97.6 cm³/mol. The Balaban J connectivity index is 1.71. The standard InChI is InChI=1S/C17H17ClN4O4/c18-13-7-5-12(6-8-13)11-17(24)21-20-16(23)9-10-19-14-3-1-2-4-15(14)22(25)26/h1-8,19H,9-11H2,(H,20,23)(H,21,24). The van der Waals surface area contributed by atoms with E-state index in [0.29, 0.717) is 10.7 Å². The molecule has 0 bridgehead atoms. The second-order valence-electron chi connectivity index (χ2n) is 5.35. The molecule has 136 valence electrons. The number of nitro benzene ring substituents is 1. The third-order valence-electron chi connectivity index (χ3n) is 3.39.